The molecule has 18 heavy (non-hydrogen) atoms. The van der Waals surface area contributed by atoms with Gasteiger partial charge < -0.3 is 10.5 Å². The third-order valence-corrected chi connectivity index (χ3v) is 4.36. The SMILES string of the molecule is COc1ccc(Br)c(CN2CCCC2C(N)=S)c1. The van der Waals surface area contributed by atoms with Gasteiger partial charge in [0.1, 0.15) is 5.75 Å². The van der Waals surface area contributed by atoms with Crippen LogP contribution in [0.3, 0.4) is 0 Å². The second-order valence-electron chi connectivity index (χ2n) is 4.49. The standard InChI is InChI=1S/C13H17BrN2OS/c1-17-10-4-5-11(14)9(7-10)8-16-6-2-3-12(16)13(15)18/h4-5,7,12H,2-3,6,8H2,1H3,(H2,15,18). The maximum atomic E-state index is 5.79. The summed E-state index contributed by atoms with van der Waals surface area (Å²) < 4.78 is 6.35. The number of hydrogen-bond donors (Lipinski definition) is 1. The van der Waals surface area contributed by atoms with Crippen molar-refractivity contribution in [2.75, 3.05) is 13.7 Å². The van der Waals surface area contributed by atoms with Crippen LogP contribution in [0.1, 0.15) is 18.4 Å². The Hall–Kier alpha value is -0.650. The summed E-state index contributed by atoms with van der Waals surface area (Å²) in [5, 5.41) is 0. The highest BCUT2D eigenvalue weighted by molar-refractivity contribution is 9.10. The van der Waals surface area contributed by atoms with E-state index in [1.807, 2.05) is 12.1 Å². The third-order valence-electron chi connectivity index (χ3n) is 3.32. The smallest absolute Gasteiger partial charge is 0.119 e. The molecule has 0 bridgehead atoms. The zero-order chi connectivity index (χ0) is 13.1. The van der Waals surface area contributed by atoms with E-state index in [-0.39, 0.29) is 6.04 Å². The first-order valence-electron chi connectivity index (χ1n) is 5.97. The van der Waals surface area contributed by atoms with Gasteiger partial charge in [-0.1, -0.05) is 28.1 Å². The van der Waals surface area contributed by atoms with Crippen LogP contribution in [0.4, 0.5) is 0 Å². The second-order valence-corrected chi connectivity index (χ2v) is 5.81. The summed E-state index contributed by atoms with van der Waals surface area (Å²) in [6.07, 6.45) is 2.22. The highest BCUT2D eigenvalue weighted by Crippen LogP contribution is 2.27. The third kappa shape index (κ3) is 3.02. The quantitative estimate of drug-likeness (QED) is 0.862. The topological polar surface area (TPSA) is 38.5 Å². The number of hydrogen-bond acceptors (Lipinski definition) is 3. The van der Waals surface area contributed by atoms with Crippen LogP contribution in [0, 0.1) is 0 Å². The molecule has 1 fully saturated rings. The molecule has 1 heterocycles. The Balaban J connectivity index is 2.15. The Bertz CT molecular complexity index is 453. The van der Waals surface area contributed by atoms with Gasteiger partial charge in [-0.05, 0) is 43.1 Å². The maximum absolute atomic E-state index is 5.79. The minimum Gasteiger partial charge on any atom is -0.497 e. The summed E-state index contributed by atoms with van der Waals surface area (Å²) in [6, 6.07) is 6.25. The average molecular weight is 329 g/mol. The lowest BCUT2D eigenvalue weighted by Crippen LogP contribution is -2.38. The summed E-state index contributed by atoms with van der Waals surface area (Å²) in [6.45, 7) is 1.89. The number of nitrogens with two attached hydrogens (primary N) is 1. The summed E-state index contributed by atoms with van der Waals surface area (Å²) in [7, 11) is 1.68. The molecule has 1 saturated heterocycles. The minimum absolute atomic E-state index is 0.234. The molecule has 1 aromatic rings. The molecule has 0 spiro atoms. The fourth-order valence-corrected chi connectivity index (χ4v) is 2.99. The molecule has 1 aromatic carbocycles. The first-order valence-corrected chi connectivity index (χ1v) is 7.17. The van der Waals surface area contributed by atoms with Crippen molar-refractivity contribution in [3.8, 4) is 5.75 Å². The molecule has 0 saturated carbocycles. The summed E-state index contributed by atoms with van der Waals surface area (Å²) >= 11 is 8.71. The van der Waals surface area contributed by atoms with E-state index in [0.29, 0.717) is 4.99 Å². The Morgan fingerprint density at radius 3 is 3.06 bits per heavy atom. The number of likely N-dealkylation sites (tertiary alicyclic amines) is 1. The normalized spacial score (nSPS) is 20.0. The van der Waals surface area contributed by atoms with Crippen molar-refractivity contribution in [2.24, 2.45) is 5.73 Å². The molecule has 1 aliphatic heterocycles. The van der Waals surface area contributed by atoms with Crippen molar-refractivity contribution in [1.82, 2.24) is 4.90 Å². The van der Waals surface area contributed by atoms with Gasteiger partial charge in [-0.25, -0.2) is 0 Å². The molecular formula is C13H17BrN2OS. The van der Waals surface area contributed by atoms with Crippen LogP contribution in [0.2, 0.25) is 0 Å². The van der Waals surface area contributed by atoms with Crippen LogP contribution in [0.15, 0.2) is 22.7 Å². The van der Waals surface area contributed by atoms with Crippen molar-refractivity contribution >= 4 is 33.1 Å². The van der Waals surface area contributed by atoms with E-state index in [0.717, 1.165) is 36.2 Å². The number of rotatable bonds is 4. The van der Waals surface area contributed by atoms with Crippen LogP contribution in [-0.4, -0.2) is 29.6 Å². The zero-order valence-corrected chi connectivity index (χ0v) is 12.8. The van der Waals surface area contributed by atoms with Gasteiger partial charge in [0.25, 0.3) is 0 Å². The molecule has 2 rings (SSSR count). The lowest BCUT2D eigenvalue weighted by atomic mass is 10.1. The molecule has 5 heteroatoms. The molecule has 0 aliphatic carbocycles. The van der Waals surface area contributed by atoms with E-state index >= 15 is 0 Å². The molecule has 1 atom stereocenters. The van der Waals surface area contributed by atoms with E-state index in [1.165, 1.54) is 5.56 Å². The minimum atomic E-state index is 0.234. The molecule has 0 radical (unpaired) electrons. The summed E-state index contributed by atoms with van der Waals surface area (Å²) in [4.78, 5) is 2.94. The molecule has 1 unspecified atom stereocenters. The molecule has 3 nitrogen and oxygen atoms in total. The Morgan fingerprint density at radius 1 is 1.61 bits per heavy atom. The zero-order valence-electron chi connectivity index (χ0n) is 10.4. The molecule has 0 amide bonds. The number of thiocarbonyl (C=S) groups is 1. The fraction of sp³-hybridized carbons (Fsp3) is 0.462. The molecule has 1 aliphatic rings. The molecule has 98 valence electrons. The van der Waals surface area contributed by atoms with Crippen LogP contribution in [0.5, 0.6) is 5.75 Å². The molecule has 0 aromatic heterocycles. The highest BCUT2D eigenvalue weighted by atomic mass is 79.9. The fourth-order valence-electron chi connectivity index (χ4n) is 2.36. The highest BCUT2D eigenvalue weighted by Gasteiger charge is 2.26. The summed E-state index contributed by atoms with van der Waals surface area (Å²) in [5.74, 6) is 0.874. The number of benzene rings is 1. The maximum Gasteiger partial charge on any atom is 0.119 e. The summed E-state index contributed by atoms with van der Waals surface area (Å²) in [5.41, 5.74) is 7.00. The number of nitrogens with zero attached hydrogens (tertiary/aromatic N) is 1. The van der Waals surface area contributed by atoms with Crippen molar-refractivity contribution in [3.05, 3.63) is 28.2 Å². The number of halogens is 1. The van der Waals surface area contributed by atoms with E-state index in [9.17, 15) is 0 Å². The van der Waals surface area contributed by atoms with E-state index in [1.54, 1.807) is 7.11 Å². The molecular weight excluding hydrogens is 312 g/mol. The second kappa shape index (κ2) is 5.99. The Labute approximate surface area is 121 Å². The number of ether oxygens (including phenoxy) is 1. The lowest BCUT2D eigenvalue weighted by molar-refractivity contribution is 0.294. The van der Waals surface area contributed by atoms with Gasteiger partial charge in [-0.15, -0.1) is 0 Å². The van der Waals surface area contributed by atoms with E-state index < -0.39 is 0 Å². The predicted molar refractivity (Wildman–Crippen MR) is 80.9 cm³/mol. The van der Waals surface area contributed by atoms with Gasteiger partial charge in [0.05, 0.1) is 18.1 Å². The Kier molecular flexibility index (Phi) is 4.59. The van der Waals surface area contributed by atoms with Gasteiger partial charge in [-0.3, -0.25) is 4.90 Å². The van der Waals surface area contributed by atoms with E-state index in [2.05, 4.69) is 26.9 Å². The van der Waals surface area contributed by atoms with Crippen molar-refractivity contribution < 1.29 is 4.74 Å². The largest absolute Gasteiger partial charge is 0.497 e. The Morgan fingerprint density at radius 2 is 2.39 bits per heavy atom. The van der Waals surface area contributed by atoms with Crippen molar-refractivity contribution in [2.45, 2.75) is 25.4 Å². The number of methoxy groups -OCH3 is 1. The first kappa shape index (κ1) is 13.8. The van der Waals surface area contributed by atoms with Crippen LogP contribution < -0.4 is 10.5 Å². The van der Waals surface area contributed by atoms with Crippen molar-refractivity contribution in [3.63, 3.8) is 0 Å². The van der Waals surface area contributed by atoms with Gasteiger partial charge in [0.2, 0.25) is 0 Å². The van der Waals surface area contributed by atoms with Gasteiger partial charge in [-0.2, -0.15) is 0 Å². The van der Waals surface area contributed by atoms with Gasteiger partial charge in [0, 0.05) is 11.0 Å². The van der Waals surface area contributed by atoms with Crippen LogP contribution in [-0.2, 0) is 6.54 Å². The predicted octanol–water partition coefficient (Wildman–Crippen LogP) is 2.71. The monoisotopic (exact) mass is 328 g/mol. The first-order chi connectivity index (χ1) is 8.61. The van der Waals surface area contributed by atoms with Crippen LogP contribution >= 0.6 is 28.1 Å². The van der Waals surface area contributed by atoms with Gasteiger partial charge >= 0.3 is 0 Å². The lowest BCUT2D eigenvalue weighted by Gasteiger charge is -2.24. The van der Waals surface area contributed by atoms with Gasteiger partial charge in [0.15, 0.2) is 0 Å². The van der Waals surface area contributed by atoms with E-state index in [4.69, 9.17) is 22.7 Å². The van der Waals surface area contributed by atoms with Crippen LogP contribution in [0.25, 0.3) is 0 Å². The molecule has 2 N–H and O–H groups in total. The van der Waals surface area contributed by atoms with Crippen molar-refractivity contribution in [1.29, 1.82) is 0 Å². The average Bonchev–Trinajstić information content (AvgIpc) is 2.80.